The Balaban J connectivity index is 1.69. The third-order valence-electron chi connectivity index (χ3n) is 5.99. The van der Waals surface area contributed by atoms with Gasteiger partial charge in [-0.25, -0.2) is 0 Å². The normalized spacial score (nSPS) is 12.1. The maximum atomic E-state index is 7.00. The first kappa shape index (κ1) is 22.6. The fourth-order valence-electron chi connectivity index (χ4n) is 4.19. The van der Waals surface area contributed by atoms with Crippen molar-refractivity contribution < 1.29 is 8.23 Å². The Hall–Kier alpha value is -2.55. The van der Waals surface area contributed by atoms with Crippen LogP contribution in [0.25, 0.3) is 0 Å². The minimum atomic E-state index is -2.42. The highest BCUT2D eigenvalue weighted by Gasteiger charge is 2.41. The van der Waals surface area contributed by atoms with E-state index in [1.807, 2.05) is 0 Å². The molecule has 0 saturated heterocycles. The maximum Gasteiger partial charge on any atom is 0.360 e. The van der Waals surface area contributed by atoms with Crippen LogP contribution in [0.3, 0.4) is 0 Å². The quantitative estimate of drug-likeness (QED) is 0.364. The lowest BCUT2D eigenvalue weighted by atomic mass is 10.4. The lowest BCUT2D eigenvalue weighted by Crippen LogP contribution is -2.65. The Kier molecular flexibility index (Phi) is 7.03. The Labute approximate surface area is 195 Å². The van der Waals surface area contributed by atoms with E-state index in [4.69, 9.17) is 8.23 Å². The summed E-state index contributed by atoms with van der Waals surface area (Å²) in [7, 11) is -6.42. The van der Waals surface area contributed by atoms with Gasteiger partial charge in [-0.3, -0.25) is 0 Å². The zero-order valence-corrected chi connectivity index (χ0v) is 21.9. The van der Waals surface area contributed by atoms with Crippen LogP contribution in [0.4, 0.5) is 0 Å². The van der Waals surface area contributed by atoms with Crippen LogP contribution in [-0.2, 0) is 8.23 Å². The maximum absolute atomic E-state index is 7.00. The predicted molar refractivity (Wildman–Crippen MR) is 141 cm³/mol. The van der Waals surface area contributed by atoms with Crippen molar-refractivity contribution in [2.24, 2.45) is 0 Å². The molecular formula is C27H29O2Si3. The van der Waals surface area contributed by atoms with Gasteiger partial charge in [0.25, 0.3) is 0 Å². The first-order valence-electron chi connectivity index (χ1n) is 11.0. The second-order valence-electron chi connectivity index (χ2n) is 8.23. The molecule has 0 aliphatic carbocycles. The van der Waals surface area contributed by atoms with Gasteiger partial charge in [-0.15, -0.1) is 0 Å². The lowest BCUT2D eigenvalue weighted by molar-refractivity contribution is 0.439. The molecule has 0 aliphatic heterocycles. The molecule has 32 heavy (non-hydrogen) atoms. The van der Waals surface area contributed by atoms with Gasteiger partial charge in [0.2, 0.25) is 16.6 Å². The van der Waals surface area contributed by atoms with E-state index in [1.54, 1.807) is 0 Å². The summed E-state index contributed by atoms with van der Waals surface area (Å²) in [6, 6.07) is 42.6. The summed E-state index contributed by atoms with van der Waals surface area (Å²) in [4.78, 5) is 0. The van der Waals surface area contributed by atoms with E-state index < -0.39 is 25.9 Å². The highest BCUT2D eigenvalue weighted by molar-refractivity contribution is 7.02. The Morgan fingerprint density at radius 3 is 0.875 bits per heavy atom. The summed E-state index contributed by atoms with van der Waals surface area (Å²) >= 11 is 0. The molecule has 0 bridgehead atoms. The zero-order chi connectivity index (χ0) is 22.4. The van der Waals surface area contributed by atoms with Crippen LogP contribution in [-0.4, -0.2) is 25.9 Å². The van der Waals surface area contributed by atoms with Crippen LogP contribution < -0.4 is 20.7 Å². The molecule has 0 atom stereocenters. The highest BCUT2D eigenvalue weighted by Crippen LogP contribution is 2.15. The van der Waals surface area contributed by atoms with Crippen LogP contribution in [0.2, 0.25) is 19.6 Å². The van der Waals surface area contributed by atoms with Crippen LogP contribution >= 0.6 is 0 Å². The van der Waals surface area contributed by atoms with Crippen molar-refractivity contribution in [3.63, 3.8) is 0 Å². The Morgan fingerprint density at radius 2 is 0.656 bits per heavy atom. The van der Waals surface area contributed by atoms with Gasteiger partial charge in [0.05, 0.1) is 0 Å². The summed E-state index contributed by atoms with van der Waals surface area (Å²) in [5.41, 5.74) is 0. The van der Waals surface area contributed by atoms with Crippen molar-refractivity contribution in [1.29, 1.82) is 0 Å². The molecule has 2 nitrogen and oxygen atoms in total. The van der Waals surface area contributed by atoms with Gasteiger partial charge >= 0.3 is 9.28 Å². The molecule has 161 valence electrons. The van der Waals surface area contributed by atoms with Crippen molar-refractivity contribution in [3.05, 3.63) is 121 Å². The SMILES string of the molecule is C[Si](O[Si](C)(c1ccccc1)c1ccccc1)O[Si](C)(c1ccccc1)c1ccccc1. The smallest absolute Gasteiger partial charge is 0.360 e. The van der Waals surface area contributed by atoms with Gasteiger partial charge in [0.1, 0.15) is 0 Å². The van der Waals surface area contributed by atoms with Crippen molar-refractivity contribution in [1.82, 2.24) is 0 Å². The summed E-state index contributed by atoms with van der Waals surface area (Å²) in [5.74, 6) is 0. The fraction of sp³-hybridized carbons (Fsp3) is 0.111. The number of hydrogen-bond donors (Lipinski definition) is 0. The first-order valence-corrected chi connectivity index (χ1v) is 17.6. The highest BCUT2D eigenvalue weighted by atomic mass is 28.4. The Morgan fingerprint density at radius 1 is 0.438 bits per heavy atom. The minimum Gasteiger partial charge on any atom is -0.428 e. The molecule has 0 aliphatic rings. The fourth-order valence-corrected chi connectivity index (χ4v) is 15.2. The molecular weight excluding hydrogens is 441 g/mol. The van der Waals surface area contributed by atoms with E-state index in [0.29, 0.717) is 0 Å². The largest absolute Gasteiger partial charge is 0.428 e. The van der Waals surface area contributed by atoms with Crippen LogP contribution in [0.5, 0.6) is 0 Å². The average Bonchev–Trinajstić information content (AvgIpc) is 2.86. The van der Waals surface area contributed by atoms with Crippen LogP contribution in [0.15, 0.2) is 121 Å². The van der Waals surface area contributed by atoms with Gasteiger partial charge in [0, 0.05) is 0 Å². The third-order valence-corrected chi connectivity index (χ3v) is 17.3. The van der Waals surface area contributed by atoms with E-state index >= 15 is 0 Å². The van der Waals surface area contributed by atoms with Gasteiger partial charge in [0.15, 0.2) is 0 Å². The van der Waals surface area contributed by atoms with Crippen LogP contribution in [0, 0.1) is 0 Å². The number of hydrogen-bond acceptors (Lipinski definition) is 2. The molecule has 0 spiro atoms. The van der Waals surface area contributed by atoms with Gasteiger partial charge in [-0.1, -0.05) is 121 Å². The molecule has 0 fully saturated rings. The van der Waals surface area contributed by atoms with Gasteiger partial charge < -0.3 is 8.23 Å². The predicted octanol–water partition coefficient (Wildman–Crippen LogP) is 3.92. The van der Waals surface area contributed by atoms with E-state index in [-0.39, 0.29) is 0 Å². The van der Waals surface area contributed by atoms with Gasteiger partial charge in [-0.05, 0) is 40.4 Å². The van der Waals surface area contributed by atoms with Crippen molar-refractivity contribution >= 4 is 46.7 Å². The molecule has 0 amide bonds. The molecule has 4 rings (SSSR count). The number of benzene rings is 4. The first-order chi connectivity index (χ1) is 15.5. The average molecular weight is 470 g/mol. The van der Waals surface area contributed by atoms with Crippen molar-refractivity contribution in [3.8, 4) is 0 Å². The molecule has 0 unspecified atom stereocenters. The molecule has 4 aromatic carbocycles. The summed E-state index contributed by atoms with van der Waals surface area (Å²) in [5, 5.41) is 5.06. The topological polar surface area (TPSA) is 18.5 Å². The monoisotopic (exact) mass is 469 g/mol. The molecule has 4 aromatic rings. The van der Waals surface area contributed by atoms with E-state index in [1.165, 1.54) is 20.7 Å². The molecule has 0 heterocycles. The van der Waals surface area contributed by atoms with Gasteiger partial charge in [-0.2, -0.15) is 0 Å². The molecule has 1 radical (unpaired) electrons. The Bertz CT molecular complexity index is 937. The summed E-state index contributed by atoms with van der Waals surface area (Å²) in [6.45, 7) is 6.73. The number of rotatable bonds is 8. The molecule has 0 saturated carbocycles. The van der Waals surface area contributed by atoms with Crippen LogP contribution in [0.1, 0.15) is 0 Å². The summed E-state index contributed by atoms with van der Waals surface area (Å²) < 4.78 is 14.0. The van der Waals surface area contributed by atoms with Crippen molar-refractivity contribution in [2.75, 3.05) is 0 Å². The molecule has 0 aromatic heterocycles. The van der Waals surface area contributed by atoms with E-state index in [9.17, 15) is 0 Å². The lowest BCUT2D eigenvalue weighted by Gasteiger charge is -2.36. The second kappa shape index (κ2) is 9.94. The second-order valence-corrected chi connectivity index (χ2v) is 17.3. The third kappa shape index (κ3) is 4.77. The molecule has 5 heteroatoms. The van der Waals surface area contributed by atoms with E-state index in [2.05, 4.69) is 141 Å². The zero-order valence-electron chi connectivity index (χ0n) is 18.9. The molecule has 0 N–H and O–H groups in total. The van der Waals surface area contributed by atoms with Crippen molar-refractivity contribution in [2.45, 2.75) is 19.6 Å². The van der Waals surface area contributed by atoms with E-state index in [0.717, 1.165) is 0 Å². The standard InChI is InChI=1S/C27H29O2Si3/c1-30(28-31(2,24-16-8-4-9-17-24)25-18-10-5-11-19-25)29-32(3,26-20-12-6-13-21-26)27-22-14-7-15-23-27/h4-23H,1-3H3. The minimum absolute atomic E-state index is 1.27. The summed E-state index contributed by atoms with van der Waals surface area (Å²) in [6.07, 6.45) is 0.